The zero-order chi connectivity index (χ0) is 12.8. The second-order valence-corrected chi connectivity index (χ2v) is 5.54. The van der Waals surface area contributed by atoms with Crippen LogP contribution in [-0.2, 0) is 10.0 Å². The van der Waals surface area contributed by atoms with E-state index in [9.17, 15) is 8.42 Å². The van der Waals surface area contributed by atoms with E-state index >= 15 is 0 Å². The molecule has 0 radical (unpaired) electrons. The van der Waals surface area contributed by atoms with Gasteiger partial charge in [0.25, 0.3) is 0 Å². The van der Waals surface area contributed by atoms with E-state index in [4.69, 9.17) is 10.9 Å². The molecular formula is C9H21N3O3S. The van der Waals surface area contributed by atoms with Gasteiger partial charge in [-0.15, -0.1) is 0 Å². The van der Waals surface area contributed by atoms with E-state index in [1.54, 1.807) is 20.8 Å². The van der Waals surface area contributed by atoms with Gasteiger partial charge in [0.15, 0.2) is 5.84 Å². The molecule has 0 rings (SSSR count). The molecule has 0 saturated carbocycles. The highest BCUT2D eigenvalue weighted by Crippen LogP contribution is 2.17. The Labute approximate surface area is 97.0 Å². The summed E-state index contributed by atoms with van der Waals surface area (Å²) < 4.78 is 25.9. The van der Waals surface area contributed by atoms with Crippen LogP contribution >= 0.6 is 0 Å². The monoisotopic (exact) mass is 251 g/mol. The molecule has 0 unspecified atom stereocenters. The van der Waals surface area contributed by atoms with Crippen LogP contribution in [0.2, 0.25) is 0 Å². The van der Waals surface area contributed by atoms with Crippen LogP contribution in [0.3, 0.4) is 0 Å². The Hall–Kier alpha value is -0.820. The predicted molar refractivity (Wildman–Crippen MR) is 63.9 cm³/mol. The Kier molecular flexibility index (Phi) is 5.74. The van der Waals surface area contributed by atoms with Crippen molar-refractivity contribution in [3.8, 4) is 0 Å². The van der Waals surface area contributed by atoms with Crippen molar-refractivity contribution < 1.29 is 13.6 Å². The smallest absolute Gasteiger partial charge is 0.212 e. The van der Waals surface area contributed by atoms with Crippen molar-refractivity contribution in [3.63, 3.8) is 0 Å². The lowest BCUT2D eigenvalue weighted by Gasteiger charge is -2.30. The lowest BCUT2D eigenvalue weighted by Crippen LogP contribution is -2.57. The van der Waals surface area contributed by atoms with Gasteiger partial charge in [0, 0.05) is 0 Å². The zero-order valence-electron chi connectivity index (χ0n) is 10.0. The van der Waals surface area contributed by atoms with E-state index in [-0.39, 0.29) is 11.6 Å². The fraction of sp³-hybridized carbons (Fsp3) is 0.889. The molecule has 0 atom stereocenters. The first-order chi connectivity index (χ1) is 7.37. The van der Waals surface area contributed by atoms with Crippen molar-refractivity contribution in [1.82, 2.24) is 4.72 Å². The van der Waals surface area contributed by atoms with E-state index in [0.29, 0.717) is 19.3 Å². The summed E-state index contributed by atoms with van der Waals surface area (Å²) in [5, 5.41) is 11.6. The Morgan fingerprint density at radius 3 is 2.19 bits per heavy atom. The molecule has 0 saturated heterocycles. The van der Waals surface area contributed by atoms with Crippen molar-refractivity contribution in [1.29, 1.82) is 0 Å². The van der Waals surface area contributed by atoms with Gasteiger partial charge in [-0.05, 0) is 19.3 Å². The molecule has 0 aliphatic heterocycles. The number of hydrogen-bond donors (Lipinski definition) is 3. The standard InChI is InChI=1S/C9H21N3O3S/c1-4-7-16(14,15)12-9(5-2,6-3)8(10)11-13/h12-13H,4-7H2,1-3H3,(H2,10,11). The molecule has 6 nitrogen and oxygen atoms in total. The molecule has 0 fully saturated rings. The average molecular weight is 251 g/mol. The summed E-state index contributed by atoms with van der Waals surface area (Å²) in [6.07, 6.45) is 1.39. The molecule has 0 aromatic carbocycles. The lowest BCUT2D eigenvalue weighted by atomic mass is 9.93. The second kappa shape index (κ2) is 6.05. The largest absolute Gasteiger partial charge is 0.409 e. The molecule has 0 spiro atoms. The summed E-state index contributed by atoms with van der Waals surface area (Å²) in [6.45, 7) is 5.36. The number of nitrogens with one attached hydrogen (secondary N) is 1. The minimum absolute atomic E-state index is 0.0352. The van der Waals surface area contributed by atoms with E-state index in [1.807, 2.05) is 0 Å². The minimum atomic E-state index is -3.39. The Balaban J connectivity index is 5.10. The van der Waals surface area contributed by atoms with Crippen molar-refractivity contribution in [2.24, 2.45) is 10.9 Å². The normalized spacial score (nSPS) is 14.1. The number of nitrogens with two attached hydrogens (primary N) is 1. The molecule has 4 N–H and O–H groups in total. The molecule has 0 aliphatic carbocycles. The van der Waals surface area contributed by atoms with Crippen LogP contribution in [0.1, 0.15) is 40.0 Å². The third kappa shape index (κ3) is 3.64. The third-order valence-corrected chi connectivity index (χ3v) is 4.28. The highest BCUT2D eigenvalue weighted by Gasteiger charge is 2.35. The van der Waals surface area contributed by atoms with Crippen molar-refractivity contribution in [2.45, 2.75) is 45.6 Å². The van der Waals surface area contributed by atoms with Crippen LogP contribution in [0, 0.1) is 0 Å². The molecule has 0 amide bonds. The van der Waals surface area contributed by atoms with Crippen molar-refractivity contribution >= 4 is 15.9 Å². The van der Waals surface area contributed by atoms with E-state index < -0.39 is 15.6 Å². The molecule has 0 aliphatic rings. The molecule has 0 aromatic rings. The first-order valence-corrected chi connectivity index (χ1v) is 7.02. The van der Waals surface area contributed by atoms with Gasteiger partial charge in [-0.3, -0.25) is 0 Å². The van der Waals surface area contributed by atoms with Crippen LogP contribution < -0.4 is 10.5 Å². The first-order valence-electron chi connectivity index (χ1n) is 5.37. The van der Waals surface area contributed by atoms with Crippen LogP contribution in [0.4, 0.5) is 0 Å². The van der Waals surface area contributed by atoms with E-state index in [0.717, 1.165) is 0 Å². The SMILES string of the molecule is CCCS(=O)(=O)NC(CC)(CC)/C(N)=N/O. The van der Waals surface area contributed by atoms with Gasteiger partial charge in [0.1, 0.15) is 0 Å². The number of rotatable bonds is 7. The fourth-order valence-corrected chi connectivity index (χ4v) is 3.15. The minimum Gasteiger partial charge on any atom is -0.409 e. The lowest BCUT2D eigenvalue weighted by molar-refractivity contribution is 0.307. The van der Waals surface area contributed by atoms with Crippen molar-refractivity contribution in [3.05, 3.63) is 0 Å². The summed E-state index contributed by atoms with van der Waals surface area (Å²) in [6, 6.07) is 0. The highest BCUT2D eigenvalue weighted by atomic mass is 32.2. The van der Waals surface area contributed by atoms with Crippen LogP contribution in [0.25, 0.3) is 0 Å². The zero-order valence-corrected chi connectivity index (χ0v) is 10.8. The quantitative estimate of drug-likeness (QED) is 0.267. The number of amidine groups is 1. The summed E-state index contributed by atoms with van der Waals surface area (Å²) >= 11 is 0. The topological polar surface area (TPSA) is 105 Å². The number of sulfonamides is 1. The number of nitrogens with zero attached hydrogens (tertiary/aromatic N) is 1. The molecule has 0 bridgehead atoms. The maximum Gasteiger partial charge on any atom is 0.212 e. The predicted octanol–water partition coefficient (Wildman–Crippen LogP) is 0.621. The van der Waals surface area contributed by atoms with Gasteiger partial charge in [-0.2, -0.15) is 0 Å². The van der Waals surface area contributed by atoms with Gasteiger partial charge < -0.3 is 10.9 Å². The van der Waals surface area contributed by atoms with Gasteiger partial charge in [-0.25, -0.2) is 13.1 Å². The van der Waals surface area contributed by atoms with Gasteiger partial charge >= 0.3 is 0 Å². The van der Waals surface area contributed by atoms with Gasteiger partial charge in [0.05, 0.1) is 11.3 Å². The highest BCUT2D eigenvalue weighted by molar-refractivity contribution is 7.89. The number of oxime groups is 1. The second-order valence-electron chi connectivity index (χ2n) is 3.70. The summed E-state index contributed by atoms with van der Waals surface area (Å²) in [4.78, 5) is 0. The summed E-state index contributed by atoms with van der Waals surface area (Å²) in [5.41, 5.74) is 4.57. The Morgan fingerprint density at radius 1 is 1.38 bits per heavy atom. The first kappa shape index (κ1) is 15.2. The maximum atomic E-state index is 11.7. The molecule has 0 heterocycles. The molecular weight excluding hydrogens is 230 g/mol. The number of hydrogen-bond acceptors (Lipinski definition) is 4. The molecule has 96 valence electrons. The molecule has 16 heavy (non-hydrogen) atoms. The van der Waals surface area contributed by atoms with E-state index in [1.165, 1.54) is 0 Å². The van der Waals surface area contributed by atoms with Crippen molar-refractivity contribution in [2.75, 3.05) is 5.75 Å². The molecule has 0 aromatic heterocycles. The summed E-state index contributed by atoms with van der Waals surface area (Å²) in [5.74, 6) is -0.0647. The van der Waals surface area contributed by atoms with Crippen LogP contribution in [0.5, 0.6) is 0 Å². The Morgan fingerprint density at radius 2 is 1.88 bits per heavy atom. The molecule has 7 heteroatoms. The van der Waals surface area contributed by atoms with Crippen LogP contribution in [0.15, 0.2) is 5.16 Å². The van der Waals surface area contributed by atoms with Gasteiger partial charge in [-0.1, -0.05) is 25.9 Å². The van der Waals surface area contributed by atoms with E-state index in [2.05, 4.69) is 9.88 Å². The summed E-state index contributed by atoms with van der Waals surface area (Å²) in [7, 11) is -3.39. The maximum absolute atomic E-state index is 11.7. The Bertz CT molecular complexity index is 334. The third-order valence-electron chi connectivity index (χ3n) is 2.63. The van der Waals surface area contributed by atoms with Gasteiger partial charge in [0.2, 0.25) is 10.0 Å². The average Bonchev–Trinajstić information content (AvgIpc) is 2.24. The van der Waals surface area contributed by atoms with Crippen LogP contribution in [-0.4, -0.2) is 30.8 Å². The fourth-order valence-electron chi connectivity index (χ4n) is 1.52.